The second-order valence-corrected chi connectivity index (χ2v) is 2.33. The summed E-state index contributed by atoms with van der Waals surface area (Å²) in [4.78, 5) is 15.3. The molecule has 0 aromatic carbocycles. The van der Waals surface area contributed by atoms with Gasteiger partial charge in [0.2, 0.25) is 6.41 Å². The average molecular weight is 156 g/mol. The highest BCUT2D eigenvalue weighted by molar-refractivity contribution is 5.84. The molecule has 11 heavy (non-hydrogen) atoms. The van der Waals surface area contributed by atoms with E-state index in [1.54, 1.807) is 0 Å². The minimum Gasteiger partial charge on any atom is -0.369 e. The van der Waals surface area contributed by atoms with Crippen LogP contribution in [-0.2, 0) is 4.79 Å². The van der Waals surface area contributed by atoms with E-state index in [4.69, 9.17) is 5.73 Å². The Morgan fingerprint density at radius 1 is 1.55 bits per heavy atom. The molecule has 0 bridgehead atoms. The Morgan fingerprint density at radius 2 is 2.18 bits per heavy atom. The topological polar surface area (TPSA) is 70.7 Å². The Balaban J connectivity index is 2.44. The molecular weight excluding hydrogens is 144 g/mol. The van der Waals surface area contributed by atoms with Gasteiger partial charge in [0.1, 0.15) is 0 Å². The highest BCUT2D eigenvalue weighted by Gasteiger charge is 2.10. The van der Waals surface area contributed by atoms with E-state index in [1.807, 2.05) is 4.90 Å². The average Bonchev–Trinajstić information content (AvgIpc) is 2.07. The summed E-state index contributed by atoms with van der Waals surface area (Å²) in [6, 6.07) is 0. The highest BCUT2D eigenvalue weighted by atomic mass is 16.1. The summed E-state index contributed by atoms with van der Waals surface area (Å²) in [7, 11) is 0. The molecule has 3 N–H and O–H groups in total. The lowest BCUT2D eigenvalue weighted by Crippen LogP contribution is -2.49. The number of guanidine groups is 1. The molecule has 0 aromatic rings. The molecule has 1 rings (SSSR count). The van der Waals surface area contributed by atoms with Crippen molar-refractivity contribution in [3.05, 3.63) is 0 Å². The molecule has 1 aliphatic rings. The first kappa shape index (κ1) is 8.00. The molecule has 0 atom stereocenters. The van der Waals surface area contributed by atoms with Gasteiger partial charge in [-0.25, -0.2) is 0 Å². The predicted octanol–water partition coefficient (Wildman–Crippen LogP) is -1.64. The molecule has 1 amide bonds. The van der Waals surface area contributed by atoms with Crippen LogP contribution in [0.25, 0.3) is 0 Å². The predicted molar refractivity (Wildman–Crippen MR) is 42.1 cm³/mol. The maximum Gasteiger partial charge on any atom is 0.236 e. The van der Waals surface area contributed by atoms with Gasteiger partial charge in [0.05, 0.1) is 0 Å². The van der Waals surface area contributed by atoms with E-state index in [0.29, 0.717) is 12.4 Å². The van der Waals surface area contributed by atoms with Crippen molar-refractivity contribution in [2.45, 2.75) is 0 Å². The number of rotatable bonds is 1. The molecule has 0 radical (unpaired) electrons. The molecule has 0 aliphatic carbocycles. The van der Waals surface area contributed by atoms with Crippen LogP contribution in [0.5, 0.6) is 0 Å². The lowest BCUT2D eigenvalue weighted by Gasteiger charge is -2.27. The molecule has 1 heterocycles. The van der Waals surface area contributed by atoms with Gasteiger partial charge in [-0.15, -0.1) is 0 Å². The third kappa shape index (κ3) is 2.19. The van der Waals surface area contributed by atoms with E-state index in [9.17, 15) is 4.79 Å². The SMILES string of the molecule is NC(=NC=O)N1CCNCC1. The van der Waals surface area contributed by atoms with E-state index in [1.165, 1.54) is 0 Å². The van der Waals surface area contributed by atoms with Gasteiger partial charge in [0.25, 0.3) is 0 Å². The zero-order valence-corrected chi connectivity index (χ0v) is 6.29. The lowest BCUT2D eigenvalue weighted by atomic mass is 10.4. The van der Waals surface area contributed by atoms with Crippen LogP contribution in [0.4, 0.5) is 0 Å². The summed E-state index contributed by atoms with van der Waals surface area (Å²) in [6.07, 6.45) is 0.470. The van der Waals surface area contributed by atoms with Crippen molar-refractivity contribution in [3.63, 3.8) is 0 Å². The van der Waals surface area contributed by atoms with Gasteiger partial charge < -0.3 is 16.0 Å². The van der Waals surface area contributed by atoms with Crippen molar-refractivity contribution in [3.8, 4) is 0 Å². The molecular formula is C6H12N4O. The van der Waals surface area contributed by atoms with E-state index in [0.717, 1.165) is 26.2 Å². The largest absolute Gasteiger partial charge is 0.369 e. The minimum absolute atomic E-state index is 0.321. The monoisotopic (exact) mass is 156 g/mol. The molecule has 1 aliphatic heterocycles. The number of hydrogen-bond acceptors (Lipinski definition) is 2. The van der Waals surface area contributed by atoms with Crippen LogP contribution in [0.15, 0.2) is 4.99 Å². The number of piperazine rings is 1. The molecule has 5 heteroatoms. The third-order valence-electron chi connectivity index (χ3n) is 1.63. The van der Waals surface area contributed by atoms with Crippen LogP contribution in [0, 0.1) is 0 Å². The van der Waals surface area contributed by atoms with Crippen LogP contribution >= 0.6 is 0 Å². The first-order valence-electron chi connectivity index (χ1n) is 3.57. The van der Waals surface area contributed by atoms with E-state index < -0.39 is 0 Å². The summed E-state index contributed by atoms with van der Waals surface area (Å²) in [5.41, 5.74) is 5.48. The molecule has 0 saturated carbocycles. The van der Waals surface area contributed by atoms with Crippen molar-refractivity contribution in [2.24, 2.45) is 10.7 Å². The van der Waals surface area contributed by atoms with Crippen LogP contribution in [-0.4, -0.2) is 43.4 Å². The Kier molecular flexibility index (Phi) is 2.85. The summed E-state index contributed by atoms with van der Waals surface area (Å²) >= 11 is 0. The highest BCUT2D eigenvalue weighted by Crippen LogP contribution is 1.90. The lowest BCUT2D eigenvalue weighted by molar-refractivity contribution is -0.106. The number of aliphatic imine (C=N–C) groups is 1. The Bertz CT molecular complexity index is 162. The van der Waals surface area contributed by atoms with Crippen molar-refractivity contribution in [1.29, 1.82) is 0 Å². The van der Waals surface area contributed by atoms with Crippen LogP contribution in [0.1, 0.15) is 0 Å². The smallest absolute Gasteiger partial charge is 0.236 e. The number of nitrogens with one attached hydrogen (secondary N) is 1. The third-order valence-corrected chi connectivity index (χ3v) is 1.63. The molecule has 0 unspecified atom stereocenters. The number of carbonyl (C=O) groups is 1. The van der Waals surface area contributed by atoms with E-state index in [2.05, 4.69) is 10.3 Å². The second-order valence-electron chi connectivity index (χ2n) is 2.33. The van der Waals surface area contributed by atoms with Crippen molar-refractivity contribution in [1.82, 2.24) is 10.2 Å². The van der Waals surface area contributed by atoms with Gasteiger partial charge >= 0.3 is 0 Å². The first-order chi connectivity index (χ1) is 5.34. The van der Waals surface area contributed by atoms with Gasteiger partial charge in [-0.1, -0.05) is 0 Å². The summed E-state index contributed by atoms with van der Waals surface area (Å²) < 4.78 is 0. The van der Waals surface area contributed by atoms with Crippen LogP contribution in [0.2, 0.25) is 0 Å². The van der Waals surface area contributed by atoms with E-state index >= 15 is 0 Å². The maximum atomic E-state index is 9.95. The molecule has 1 fully saturated rings. The fourth-order valence-corrected chi connectivity index (χ4v) is 1.03. The number of carbonyl (C=O) groups excluding carboxylic acids is 1. The molecule has 1 saturated heterocycles. The molecule has 5 nitrogen and oxygen atoms in total. The molecule has 62 valence electrons. The number of amides is 1. The second kappa shape index (κ2) is 3.92. The Morgan fingerprint density at radius 3 is 2.73 bits per heavy atom. The molecule has 0 aromatic heterocycles. The normalized spacial score (nSPS) is 20.0. The van der Waals surface area contributed by atoms with Gasteiger partial charge in [-0.05, 0) is 0 Å². The quantitative estimate of drug-likeness (QED) is 0.271. The molecule has 0 spiro atoms. The number of hydrogen-bond donors (Lipinski definition) is 2. The van der Waals surface area contributed by atoms with Gasteiger partial charge in [-0.3, -0.25) is 4.79 Å². The van der Waals surface area contributed by atoms with Gasteiger partial charge in [-0.2, -0.15) is 4.99 Å². The van der Waals surface area contributed by atoms with Gasteiger partial charge in [0, 0.05) is 26.2 Å². The summed E-state index contributed by atoms with van der Waals surface area (Å²) in [5.74, 6) is 0.321. The Labute approximate surface area is 65.3 Å². The fourth-order valence-electron chi connectivity index (χ4n) is 1.03. The van der Waals surface area contributed by atoms with Gasteiger partial charge in [0.15, 0.2) is 5.96 Å². The van der Waals surface area contributed by atoms with Crippen molar-refractivity contribution < 1.29 is 4.79 Å². The minimum atomic E-state index is 0.321. The fraction of sp³-hybridized carbons (Fsp3) is 0.667. The first-order valence-corrected chi connectivity index (χ1v) is 3.57. The van der Waals surface area contributed by atoms with Crippen LogP contribution < -0.4 is 11.1 Å². The summed E-state index contributed by atoms with van der Waals surface area (Å²) in [6.45, 7) is 3.44. The van der Waals surface area contributed by atoms with Crippen molar-refractivity contribution >= 4 is 12.4 Å². The summed E-state index contributed by atoms with van der Waals surface area (Å²) in [5, 5.41) is 3.17. The maximum absolute atomic E-state index is 9.95. The van der Waals surface area contributed by atoms with Crippen LogP contribution in [0.3, 0.4) is 0 Å². The Hall–Kier alpha value is -1.10. The number of nitrogens with two attached hydrogens (primary N) is 1. The number of nitrogens with zero attached hydrogens (tertiary/aromatic N) is 2. The standard InChI is InChI=1S/C6H12N4O/c7-6(9-5-11)10-3-1-8-2-4-10/h5,8H,1-4H2,(H2,7,9,11). The zero-order chi connectivity index (χ0) is 8.10. The van der Waals surface area contributed by atoms with Crippen molar-refractivity contribution in [2.75, 3.05) is 26.2 Å². The zero-order valence-electron chi connectivity index (χ0n) is 6.29. The van der Waals surface area contributed by atoms with E-state index in [-0.39, 0.29) is 0 Å².